The molecule has 184 valence electrons. The van der Waals surface area contributed by atoms with E-state index in [4.69, 9.17) is 4.74 Å². The van der Waals surface area contributed by atoms with Gasteiger partial charge in [-0.05, 0) is 54.8 Å². The van der Waals surface area contributed by atoms with Gasteiger partial charge in [0.1, 0.15) is 18.1 Å². The number of pyridine rings is 1. The van der Waals surface area contributed by atoms with E-state index >= 15 is 0 Å². The van der Waals surface area contributed by atoms with Crippen molar-refractivity contribution in [2.24, 2.45) is 0 Å². The molecule has 1 amide bonds. The lowest BCUT2D eigenvalue weighted by molar-refractivity contribution is -0.124. The lowest BCUT2D eigenvalue weighted by Gasteiger charge is -2.43. The molecule has 0 radical (unpaired) electrons. The first kappa shape index (κ1) is 24.7. The first-order valence-electron chi connectivity index (χ1n) is 11.5. The van der Waals surface area contributed by atoms with Crippen molar-refractivity contribution in [3.8, 4) is 5.75 Å². The van der Waals surface area contributed by atoms with Gasteiger partial charge in [0, 0.05) is 6.20 Å². The summed E-state index contributed by atoms with van der Waals surface area (Å²) in [6.45, 7) is -0.493. The number of benzene rings is 2. The number of hydrogen-bond acceptors (Lipinski definition) is 6. The number of carbonyl (C=O) groups excluding carboxylic acids is 1. The monoisotopic (exact) mass is 495 g/mol. The fraction of sp³-hybridized carbons (Fsp3) is 0.308. The summed E-state index contributed by atoms with van der Waals surface area (Å²) < 4.78 is 33.3. The molecular formula is C26H29N3O5S. The summed E-state index contributed by atoms with van der Waals surface area (Å²) in [6, 6.07) is 20.2. The summed E-state index contributed by atoms with van der Waals surface area (Å²) in [5, 5.41) is 14.0. The molecule has 8 nitrogen and oxygen atoms in total. The Morgan fingerprint density at radius 3 is 2.43 bits per heavy atom. The van der Waals surface area contributed by atoms with Crippen LogP contribution in [0.3, 0.4) is 0 Å². The predicted molar refractivity (Wildman–Crippen MR) is 133 cm³/mol. The van der Waals surface area contributed by atoms with Crippen LogP contribution >= 0.6 is 0 Å². The van der Waals surface area contributed by atoms with Gasteiger partial charge in [-0.3, -0.25) is 4.79 Å². The molecule has 1 aromatic heterocycles. The summed E-state index contributed by atoms with van der Waals surface area (Å²) in [6.07, 6.45) is 3.48. The van der Waals surface area contributed by atoms with Gasteiger partial charge in [-0.15, -0.1) is 0 Å². The summed E-state index contributed by atoms with van der Waals surface area (Å²) in [5.74, 6) is 0.108. The molecule has 2 N–H and O–H groups in total. The van der Waals surface area contributed by atoms with Crippen molar-refractivity contribution >= 4 is 21.7 Å². The molecule has 0 spiro atoms. The number of anilines is 1. The van der Waals surface area contributed by atoms with Gasteiger partial charge in [0.15, 0.2) is 0 Å². The van der Waals surface area contributed by atoms with Gasteiger partial charge < -0.3 is 15.2 Å². The molecule has 0 unspecified atom stereocenters. The number of aliphatic hydroxyl groups excluding tert-OH is 1. The van der Waals surface area contributed by atoms with Crippen molar-refractivity contribution in [2.45, 2.75) is 42.2 Å². The zero-order chi connectivity index (χ0) is 24.9. The van der Waals surface area contributed by atoms with Gasteiger partial charge in [-0.1, -0.05) is 49.2 Å². The quantitative estimate of drug-likeness (QED) is 0.497. The number of nitrogens with zero attached hydrogens (tertiary/aromatic N) is 2. The molecule has 0 bridgehead atoms. The van der Waals surface area contributed by atoms with E-state index in [9.17, 15) is 18.3 Å². The van der Waals surface area contributed by atoms with Crippen LogP contribution in [0.25, 0.3) is 0 Å². The molecule has 1 aliphatic rings. The van der Waals surface area contributed by atoms with Crippen molar-refractivity contribution in [1.29, 1.82) is 0 Å². The van der Waals surface area contributed by atoms with Gasteiger partial charge in [-0.25, -0.2) is 17.7 Å². The Labute approximate surface area is 205 Å². The fourth-order valence-electron chi connectivity index (χ4n) is 4.53. The van der Waals surface area contributed by atoms with Crippen LogP contribution in [0.4, 0.5) is 5.82 Å². The smallest absolute Gasteiger partial charge is 0.265 e. The van der Waals surface area contributed by atoms with Crippen LogP contribution in [0.2, 0.25) is 0 Å². The van der Waals surface area contributed by atoms with Crippen molar-refractivity contribution in [1.82, 2.24) is 10.3 Å². The van der Waals surface area contributed by atoms with Gasteiger partial charge in [-0.2, -0.15) is 0 Å². The Bertz CT molecular complexity index is 1240. The number of methoxy groups -OCH3 is 1. The predicted octanol–water partition coefficient (Wildman–Crippen LogP) is 3.23. The molecule has 2 aromatic carbocycles. The zero-order valence-electron chi connectivity index (χ0n) is 19.5. The number of aliphatic hydroxyl groups is 1. The Morgan fingerprint density at radius 1 is 1.09 bits per heavy atom. The molecule has 1 fully saturated rings. The highest BCUT2D eigenvalue weighted by atomic mass is 32.2. The molecule has 0 aliphatic heterocycles. The van der Waals surface area contributed by atoms with Crippen LogP contribution in [0, 0.1) is 0 Å². The van der Waals surface area contributed by atoms with E-state index in [1.165, 1.54) is 31.5 Å². The van der Waals surface area contributed by atoms with Gasteiger partial charge in [0.05, 0.1) is 23.6 Å². The molecule has 1 heterocycles. The number of ether oxygens (including phenoxy) is 1. The molecule has 1 aliphatic carbocycles. The van der Waals surface area contributed by atoms with Crippen molar-refractivity contribution < 1.29 is 23.1 Å². The first-order valence-corrected chi connectivity index (χ1v) is 12.9. The van der Waals surface area contributed by atoms with E-state index in [1.54, 1.807) is 24.3 Å². The first-order chi connectivity index (χ1) is 16.9. The largest absolute Gasteiger partial charge is 0.497 e. The van der Waals surface area contributed by atoms with E-state index < -0.39 is 34.1 Å². The Morgan fingerprint density at radius 2 is 1.80 bits per heavy atom. The highest BCUT2D eigenvalue weighted by Crippen LogP contribution is 2.37. The van der Waals surface area contributed by atoms with Crippen LogP contribution < -0.4 is 14.4 Å². The topological polar surface area (TPSA) is 109 Å². The third-order valence-corrected chi connectivity index (χ3v) is 8.12. The number of nitrogens with one attached hydrogen (secondary N) is 1. The SMILES string of the molecule is COc1ccc(S(=O)(=O)N(CC(=O)N[C@@]2(c3ccccc3)CCCC[C@H]2O)c2ccccn2)cc1. The van der Waals surface area contributed by atoms with E-state index in [0.29, 0.717) is 18.6 Å². The normalized spacial score (nSPS) is 20.1. The van der Waals surface area contributed by atoms with Crippen LogP contribution in [-0.4, -0.2) is 44.2 Å². The van der Waals surface area contributed by atoms with Crippen LogP contribution in [0.15, 0.2) is 83.9 Å². The maximum absolute atomic E-state index is 13.6. The zero-order valence-corrected chi connectivity index (χ0v) is 20.3. The maximum Gasteiger partial charge on any atom is 0.265 e. The highest BCUT2D eigenvalue weighted by molar-refractivity contribution is 7.92. The highest BCUT2D eigenvalue weighted by Gasteiger charge is 2.43. The number of sulfonamides is 1. The van der Waals surface area contributed by atoms with Crippen molar-refractivity contribution in [3.63, 3.8) is 0 Å². The van der Waals surface area contributed by atoms with Crippen LogP contribution in [-0.2, 0) is 20.4 Å². The second-order valence-electron chi connectivity index (χ2n) is 8.52. The second-order valence-corrected chi connectivity index (χ2v) is 10.4. The molecule has 0 saturated heterocycles. The molecule has 3 aromatic rings. The number of carbonyl (C=O) groups is 1. The van der Waals surface area contributed by atoms with Gasteiger partial charge in [0.2, 0.25) is 5.91 Å². The number of hydrogen-bond donors (Lipinski definition) is 2. The van der Waals surface area contributed by atoms with Crippen LogP contribution in [0.1, 0.15) is 31.2 Å². The lowest BCUT2D eigenvalue weighted by Crippen LogP contribution is -2.57. The number of aromatic nitrogens is 1. The Hall–Kier alpha value is -3.43. The van der Waals surface area contributed by atoms with E-state index in [2.05, 4.69) is 10.3 Å². The molecule has 2 atom stereocenters. The fourth-order valence-corrected chi connectivity index (χ4v) is 5.90. The molecule has 9 heteroatoms. The van der Waals surface area contributed by atoms with Crippen molar-refractivity contribution in [2.75, 3.05) is 18.0 Å². The lowest BCUT2D eigenvalue weighted by atomic mass is 9.74. The molecule has 35 heavy (non-hydrogen) atoms. The standard InChI is InChI=1S/C26H29N3O5S/c1-34-21-13-15-22(16-14-21)35(32,33)29(24-12-6-8-18-27-24)19-25(31)28-26(17-7-5-11-23(26)30)20-9-3-2-4-10-20/h2-4,6,8-10,12-16,18,23,30H,5,7,11,17,19H2,1H3,(H,28,31)/t23-,26-/m1/s1. The molecule has 1 saturated carbocycles. The Kier molecular flexibility index (Phi) is 7.37. The summed E-state index contributed by atoms with van der Waals surface area (Å²) in [5.41, 5.74) is -0.195. The van der Waals surface area contributed by atoms with E-state index in [-0.39, 0.29) is 10.7 Å². The van der Waals surface area contributed by atoms with Gasteiger partial charge >= 0.3 is 0 Å². The van der Waals surface area contributed by atoms with Gasteiger partial charge in [0.25, 0.3) is 10.0 Å². The molecule has 4 rings (SSSR count). The van der Waals surface area contributed by atoms with Crippen LogP contribution in [0.5, 0.6) is 5.75 Å². The number of rotatable bonds is 8. The summed E-state index contributed by atoms with van der Waals surface area (Å²) >= 11 is 0. The maximum atomic E-state index is 13.6. The average Bonchev–Trinajstić information content (AvgIpc) is 2.89. The van der Waals surface area contributed by atoms with Crippen molar-refractivity contribution in [3.05, 3.63) is 84.6 Å². The average molecular weight is 496 g/mol. The summed E-state index contributed by atoms with van der Waals surface area (Å²) in [7, 11) is -2.62. The third kappa shape index (κ3) is 5.16. The Balaban J connectivity index is 1.67. The minimum atomic E-state index is -4.12. The van der Waals surface area contributed by atoms with E-state index in [0.717, 1.165) is 22.7 Å². The molecular weight excluding hydrogens is 466 g/mol. The third-order valence-electron chi connectivity index (χ3n) is 6.36. The minimum absolute atomic E-state index is 0.00669. The summed E-state index contributed by atoms with van der Waals surface area (Å²) in [4.78, 5) is 17.6. The minimum Gasteiger partial charge on any atom is -0.497 e. The second kappa shape index (κ2) is 10.5. The van der Waals surface area contributed by atoms with E-state index in [1.807, 2.05) is 30.3 Å². The number of amides is 1.